The molecule has 0 amide bonds. The van der Waals surface area contributed by atoms with Gasteiger partial charge in [-0.3, -0.25) is 4.21 Å². The Bertz CT molecular complexity index is 371. The van der Waals surface area contributed by atoms with Gasteiger partial charge in [-0.2, -0.15) is 0 Å². The molecule has 0 bridgehead atoms. The Labute approximate surface area is 86.9 Å². The van der Waals surface area contributed by atoms with Gasteiger partial charge in [0.05, 0.1) is 0 Å². The SMILES string of the molecule is Cc1cc(C)c(/C=C/S(=O)[O-])c(C)c1. The van der Waals surface area contributed by atoms with E-state index in [9.17, 15) is 8.76 Å². The molecular formula is C11H13O2S-. The van der Waals surface area contributed by atoms with Crippen molar-refractivity contribution in [3.05, 3.63) is 39.8 Å². The van der Waals surface area contributed by atoms with Crippen LogP contribution < -0.4 is 0 Å². The highest BCUT2D eigenvalue weighted by atomic mass is 32.2. The van der Waals surface area contributed by atoms with E-state index in [-0.39, 0.29) is 0 Å². The van der Waals surface area contributed by atoms with Crippen LogP contribution in [0.25, 0.3) is 6.08 Å². The van der Waals surface area contributed by atoms with Crippen LogP contribution in [0.1, 0.15) is 22.3 Å². The summed E-state index contributed by atoms with van der Waals surface area (Å²) in [4.78, 5) is 0. The molecule has 0 N–H and O–H groups in total. The molecule has 0 aliphatic rings. The van der Waals surface area contributed by atoms with Crippen molar-refractivity contribution in [2.24, 2.45) is 0 Å². The van der Waals surface area contributed by atoms with Gasteiger partial charge < -0.3 is 4.55 Å². The van der Waals surface area contributed by atoms with Crippen molar-refractivity contribution in [1.82, 2.24) is 0 Å². The Morgan fingerprint density at radius 1 is 1.21 bits per heavy atom. The van der Waals surface area contributed by atoms with E-state index < -0.39 is 11.1 Å². The molecule has 2 nitrogen and oxygen atoms in total. The molecular weight excluding hydrogens is 196 g/mol. The predicted molar refractivity (Wildman–Crippen MR) is 58.6 cm³/mol. The first-order valence-corrected chi connectivity index (χ1v) is 5.48. The van der Waals surface area contributed by atoms with Gasteiger partial charge in [0, 0.05) is 0 Å². The molecule has 1 rings (SSSR count). The summed E-state index contributed by atoms with van der Waals surface area (Å²) < 4.78 is 20.8. The third-order valence-corrected chi connectivity index (χ3v) is 2.44. The average molecular weight is 209 g/mol. The van der Waals surface area contributed by atoms with Gasteiger partial charge in [0.1, 0.15) is 0 Å². The van der Waals surface area contributed by atoms with Crippen molar-refractivity contribution < 1.29 is 8.76 Å². The standard InChI is InChI=1S/C11H14O2S/c1-8-6-9(2)11(10(3)7-8)4-5-14(12)13/h4-7H,1-3H3,(H,12,13)/p-1/b5-4+. The summed E-state index contributed by atoms with van der Waals surface area (Å²) in [6, 6.07) is 4.08. The Hall–Kier alpha value is -0.930. The third-order valence-electron chi connectivity index (χ3n) is 2.08. The minimum absolute atomic E-state index is 0.986. The molecule has 0 aliphatic carbocycles. The van der Waals surface area contributed by atoms with Crippen molar-refractivity contribution >= 4 is 17.2 Å². The lowest BCUT2D eigenvalue weighted by Gasteiger charge is -2.07. The number of hydrogen-bond donors (Lipinski definition) is 0. The third kappa shape index (κ3) is 2.79. The summed E-state index contributed by atoms with van der Waals surface area (Å²) >= 11 is -2.12. The molecule has 76 valence electrons. The first-order chi connectivity index (χ1) is 6.50. The van der Waals surface area contributed by atoms with Gasteiger partial charge in [-0.15, -0.1) is 0 Å². The minimum atomic E-state index is -2.12. The van der Waals surface area contributed by atoms with E-state index in [0.717, 1.165) is 16.7 Å². The zero-order valence-corrected chi connectivity index (χ0v) is 9.35. The smallest absolute Gasteiger partial charge is 0.0109 e. The molecule has 0 aliphatic heterocycles. The van der Waals surface area contributed by atoms with Crippen LogP contribution in [0.5, 0.6) is 0 Å². The first kappa shape index (κ1) is 11.1. The molecule has 0 fully saturated rings. The quantitative estimate of drug-likeness (QED) is 0.702. The van der Waals surface area contributed by atoms with Crippen LogP contribution in [0.4, 0.5) is 0 Å². The molecule has 0 aromatic heterocycles. The summed E-state index contributed by atoms with van der Waals surface area (Å²) in [5.74, 6) is 0. The van der Waals surface area contributed by atoms with Gasteiger partial charge in [-0.25, -0.2) is 0 Å². The van der Waals surface area contributed by atoms with E-state index in [2.05, 4.69) is 0 Å². The number of benzene rings is 1. The molecule has 0 saturated heterocycles. The second-order valence-corrected chi connectivity index (χ2v) is 4.17. The van der Waals surface area contributed by atoms with Gasteiger partial charge in [0.15, 0.2) is 0 Å². The molecule has 14 heavy (non-hydrogen) atoms. The highest BCUT2D eigenvalue weighted by Crippen LogP contribution is 2.17. The highest BCUT2D eigenvalue weighted by Gasteiger charge is 1.99. The molecule has 3 heteroatoms. The van der Waals surface area contributed by atoms with Gasteiger partial charge in [0.25, 0.3) is 0 Å². The maximum atomic E-state index is 10.4. The molecule has 0 radical (unpaired) electrons. The monoisotopic (exact) mass is 209 g/mol. The second kappa shape index (κ2) is 4.53. The first-order valence-electron chi connectivity index (χ1n) is 4.35. The minimum Gasteiger partial charge on any atom is -0.769 e. The van der Waals surface area contributed by atoms with Crippen LogP contribution in [0.3, 0.4) is 0 Å². The van der Waals surface area contributed by atoms with Crippen LogP contribution in [-0.4, -0.2) is 8.76 Å². The van der Waals surface area contributed by atoms with Crippen LogP contribution in [0.15, 0.2) is 17.5 Å². The molecule has 0 heterocycles. The molecule has 1 atom stereocenters. The zero-order chi connectivity index (χ0) is 10.7. The van der Waals surface area contributed by atoms with E-state index in [1.165, 1.54) is 11.0 Å². The van der Waals surface area contributed by atoms with Crippen LogP contribution in [0, 0.1) is 20.8 Å². The average Bonchev–Trinajstić information content (AvgIpc) is 2.01. The largest absolute Gasteiger partial charge is 0.769 e. The number of hydrogen-bond acceptors (Lipinski definition) is 2. The highest BCUT2D eigenvalue weighted by molar-refractivity contribution is 7.82. The lowest BCUT2D eigenvalue weighted by atomic mass is 10.0. The molecule has 0 saturated carbocycles. The Morgan fingerprint density at radius 3 is 2.14 bits per heavy atom. The van der Waals surface area contributed by atoms with Gasteiger partial charge in [0.2, 0.25) is 0 Å². The van der Waals surface area contributed by atoms with Crippen LogP contribution in [0.2, 0.25) is 0 Å². The second-order valence-electron chi connectivity index (χ2n) is 3.38. The molecule has 0 spiro atoms. The number of rotatable bonds is 2. The van der Waals surface area contributed by atoms with Crippen molar-refractivity contribution in [3.63, 3.8) is 0 Å². The lowest BCUT2D eigenvalue weighted by Crippen LogP contribution is -1.89. The Morgan fingerprint density at radius 2 is 1.71 bits per heavy atom. The van der Waals surface area contributed by atoms with Crippen molar-refractivity contribution in [3.8, 4) is 0 Å². The van der Waals surface area contributed by atoms with Gasteiger partial charge >= 0.3 is 0 Å². The van der Waals surface area contributed by atoms with Crippen molar-refractivity contribution in [2.75, 3.05) is 0 Å². The maximum absolute atomic E-state index is 10.4. The fourth-order valence-corrected chi connectivity index (χ4v) is 1.82. The molecule has 1 aromatic rings. The zero-order valence-electron chi connectivity index (χ0n) is 8.53. The van der Waals surface area contributed by atoms with E-state index in [0.29, 0.717) is 0 Å². The molecule has 1 aromatic carbocycles. The Balaban J connectivity index is 3.15. The summed E-state index contributed by atoms with van der Waals surface area (Å²) in [6.45, 7) is 5.99. The van der Waals surface area contributed by atoms with Crippen molar-refractivity contribution in [2.45, 2.75) is 20.8 Å². The van der Waals surface area contributed by atoms with Gasteiger partial charge in [-0.1, -0.05) is 17.7 Å². The van der Waals surface area contributed by atoms with E-state index in [4.69, 9.17) is 0 Å². The summed E-state index contributed by atoms with van der Waals surface area (Å²) in [5.41, 5.74) is 4.38. The van der Waals surface area contributed by atoms with Crippen molar-refractivity contribution in [1.29, 1.82) is 0 Å². The van der Waals surface area contributed by atoms with Gasteiger partial charge in [-0.05, 0) is 60.0 Å². The summed E-state index contributed by atoms with van der Waals surface area (Å²) in [5, 5.41) is 1.17. The van der Waals surface area contributed by atoms with Crippen LogP contribution >= 0.6 is 0 Å². The van der Waals surface area contributed by atoms with Crippen LogP contribution in [-0.2, 0) is 11.1 Å². The summed E-state index contributed by atoms with van der Waals surface area (Å²) in [6.07, 6.45) is 1.63. The normalized spacial score (nSPS) is 13.4. The lowest BCUT2D eigenvalue weighted by molar-refractivity contribution is 0.546. The topological polar surface area (TPSA) is 40.1 Å². The van der Waals surface area contributed by atoms with E-state index >= 15 is 0 Å². The number of aryl methyl sites for hydroxylation is 3. The fraction of sp³-hybridized carbons (Fsp3) is 0.273. The fourth-order valence-electron chi connectivity index (χ4n) is 1.58. The maximum Gasteiger partial charge on any atom is -0.0109 e. The van der Waals surface area contributed by atoms with E-state index in [1.807, 2.05) is 32.9 Å². The summed E-state index contributed by atoms with van der Waals surface area (Å²) in [7, 11) is 0. The Kier molecular flexibility index (Phi) is 3.61. The predicted octanol–water partition coefficient (Wildman–Crippen LogP) is 2.46. The molecule has 1 unspecified atom stereocenters. The van der Waals surface area contributed by atoms with E-state index in [1.54, 1.807) is 6.08 Å².